The van der Waals surface area contributed by atoms with E-state index in [9.17, 15) is 21.0 Å². The van der Waals surface area contributed by atoms with E-state index in [0.717, 1.165) is 5.69 Å². The Hall–Kier alpha value is -1.95. The molecule has 24 heavy (non-hydrogen) atoms. The van der Waals surface area contributed by atoms with E-state index in [0.29, 0.717) is 30.4 Å². The van der Waals surface area contributed by atoms with Crippen LogP contribution in [0.25, 0.3) is 4.98 Å². The summed E-state index contributed by atoms with van der Waals surface area (Å²) in [5, 5.41) is 8.94. The molecule has 1 rings (SSSR count). The van der Waals surface area contributed by atoms with Crippen LogP contribution in [0, 0.1) is 5.39 Å². The number of rotatable bonds is 5. The number of diazo groups is 1. The van der Waals surface area contributed by atoms with Gasteiger partial charge in [-0.2, -0.15) is 0 Å². The van der Waals surface area contributed by atoms with E-state index in [2.05, 4.69) is 4.98 Å². The van der Waals surface area contributed by atoms with Crippen LogP contribution in [0.1, 0.15) is 13.8 Å². The summed E-state index contributed by atoms with van der Waals surface area (Å²) in [6, 6.07) is 3.48. The topological polar surface area (TPSA) is 49.9 Å². The van der Waals surface area contributed by atoms with E-state index in [1.165, 1.54) is 0 Å². The first-order chi connectivity index (χ1) is 10.4. The Morgan fingerprint density at radius 2 is 1.42 bits per heavy atom. The van der Waals surface area contributed by atoms with Crippen LogP contribution in [0.5, 0.6) is 11.5 Å². The van der Waals surface area contributed by atoms with E-state index >= 15 is 0 Å². The fourth-order valence-electron chi connectivity index (χ4n) is 1.51. The quantitative estimate of drug-likeness (QED) is 0.447. The molecular weight excluding hydrogens is 363 g/mol. The van der Waals surface area contributed by atoms with Crippen molar-refractivity contribution in [1.29, 1.82) is 5.39 Å². The van der Waals surface area contributed by atoms with Crippen LogP contribution in [0.4, 0.5) is 32.4 Å². The van der Waals surface area contributed by atoms with Crippen LogP contribution in [-0.2, 0) is 0 Å². The van der Waals surface area contributed by atoms with Gasteiger partial charge in [0.05, 0.1) is 25.0 Å². The zero-order chi connectivity index (χ0) is 18.3. The fourth-order valence-corrected chi connectivity index (χ4v) is 1.51. The Morgan fingerprint density at radius 1 is 1.00 bits per heavy atom. The maximum atomic E-state index is 9.84. The molecule has 0 fully saturated rings. The average molecular weight is 381 g/mol. The molecule has 0 heterocycles. The van der Waals surface area contributed by atoms with Crippen LogP contribution < -0.4 is 19.1 Å². The molecule has 0 spiro atoms. The second kappa shape index (κ2) is 9.37. The number of nitrogens with zero attached hydrogens (tertiary/aromatic N) is 3. The van der Waals surface area contributed by atoms with Gasteiger partial charge in [-0.1, -0.05) is 0 Å². The van der Waals surface area contributed by atoms with Gasteiger partial charge in [-0.15, -0.1) is 0 Å². The van der Waals surface area contributed by atoms with Crippen LogP contribution in [0.2, 0.25) is 0 Å². The number of hydrogen-bond acceptors (Lipinski definition) is 4. The summed E-state index contributed by atoms with van der Waals surface area (Å²) in [6.45, 7) is 4.86. The standard InChI is InChI=1S/C12H18N3O2.F5P.FH/c1-5-16-11-8-10(15(3)4)12(17-6-2)7-9(11)14-13;1-6(2,3,4)5;/h7-8H,5-6H2,1-4H3;;1H/q+1;;/p-1. The Kier molecular flexibility index (Phi) is 9.49. The smallest absolute Gasteiger partial charge is 1.00 e. The summed E-state index contributed by atoms with van der Waals surface area (Å²) >= 11 is 0. The van der Waals surface area contributed by atoms with Crippen molar-refractivity contribution in [3.63, 3.8) is 0 Å². The van der Waals surface area contributed by atoms with Crippen LogP contribution in [0.15, 0.2) is 12.1 Å². The van der Waals surface area contributed by atoms with Gasteiger partial charge in [-0.25, -0.2) is 0 Å². The molecule has 0 atom stereocenters. The van der Waals surface area contributed by atoms with Gasteiger partial charge >= 0.3 is 34.8 Å². The summed E-state index contributed by atoms with van der Waals surface area (Å²) in [5.74, 6) is 1.22. The second-order valence-electron chi connectivity index (χ2n) is 4.29. The molecule has 1 aromatic rings. The summed E-state index contributed by atoms with van der Waals surface area (Å²) in [4.78, 5) is 5.13. The Morgan fingerprint density at radius 3 is 1.75 bits per heavy atom. The van der Waals surface area contributed by atoms with Crippen molar-refractivity contribution in [3.05, 3.63) is 17.1 Å². The number of anilines is 1. The van der Waals surface area contributed by atoms with E-state index in [4.69, 9.17) is 14.9 Å². The fraction of sp³-hybridized carbons (Fsp3) is 0.500. The molecule has 0 aliphatic rings. The molecule has 0 N–H and O–H groups in total. The monoisotopic (exact) mass is 381 g/mol. The van der Waals surface area contributed by atoms with E-state index in [1.807, 2.05) is 38.9 Å². The normalized spacial score (nSPS) is 11.6. The van der Waals surface area contributed by atoms with E-state index in [-0.39, 0.29) is 4.70 Å². The van der Waals surface area contributed by atoms with Gasteiger partial charge in [-0.05, 0) is 13.8 Å². The second-order valence-corrected chi connectivity index (χ2v) is 5.56. The molecule has 5 nitrogen and oxygen atoms in total. The molecule has 12 heteroatoms. The molecule has 0 aliphatic carbocycles. The van der Waals surface area contributed by atoms with Crippen molar-refractivity contribution in [2.75, 3.05) is 32.2 Å². The molecule has 0 aliphatic heterocycles. The summed E-state index contributed by atoms with van der Waals surface area (Å²) < 4.78 is 60.1. The summed E-state index contributed by atoms with van der Waals surface area (Å²) in [5.41, 5.74) is 1.27. The largest absolute Gasteiger partial charge is 1.00 e. The molecule has 0 unspecified atom stereocenters. The summed E-state index contributed by atoms with van der Waals surface area (Å²) in [7, 11) is -4.71. The van der Waals surface area contributed by atoms with Crippen LogP contribution in [0.3, 0.4) is 0 Å². The zero-order valence-electron chi connectivity index (χ0n) is 13.4. The molecule has 0 saturated heterocycles. The van der Waals surface area contributed by atoms with E-state index < -0.39 is 8.16 Å². The van der Waals surface area contributed by atoms with Crippen molar-refractivity contribution in [2.45, 2.75) is 13.8 Å². The first-order valence-electron chi connectivity index (χ1n) is 6.44. The SMILES string of the molecule is CCOc1cc(N(C)C)c(OCC)cc1[N+]#N.FP(F)(F)(F)F.[F-]. The third-order valence-corrected chi connectivity index (χ3v) is 2.23. The number of benzene rings is 1. The van der Waals surface area contributed by atoms with Crippen molar-refractivity contribution in [1.82, 2.24) is 0 Å². The Labute approximate surface area is 135 Å². The van der Waals surface area contributed by atoms with Crippen molar-refractivity contribution < 1.29 is 35.2 Å². The molecule has 0 aromatic heterocycles. The molecule has 0 amide bonds. The molecule has 0 saturated carbocycles. The average Bonchev–Trinajstić information content (AvgIpc) is 2.37. The van der Waals surface area contributed by atoms with Crippen LogP contribution in [-0.4, -0.2) is 27.3 Å². The first kappa shape index (κ1) is 24.3. The van der Waals surface area contributed by atoms with Crippen molar-refractivity contribution in [3.8, 4) is 11.5 Å². The molecule has 1 aromatic carbocycles. The minimum atomic E-state index is -8.55. The van der Waals surface area contributed by atoms with Gasteiger partial charge in [0.2, 0.25) is 11.1 Å². The Balaban J connectivity index is 0. The van der Waals surface area contributed by atoms with Crippen molar-refractivity contribution >= 4 is 19.5 Å². The first-order valence-corrected chi connectivity index (χ1v) is 8.13. The van der Waals surface area contributed by atoms with E-state index in [1.54, 1.807) is 6.07 Å². The van der Waals surface area contributed by atoms with Crippen molar-refractivity contribution in [2.24, 2.45) is 0 Å². The maximum Gasteiger partial charge on any atom is -1.00 e. The minimum absolute atomic E-state index is 0. The van der Waals surface area contributed by atoms with Gasteiger partial charge in [0.25, 0.3) is 0 Å². The maximum absolute atomic E-state index is 9.84. The minimum Gasteiger partial charge on any atom is -1.00 e. The molecule has 0 radical (unpaired) electrons. The third-order valence-electron chi connectivity index (χ3n) is 2.23. The van der Waals surface area contributed by atoms with Gasteiger partial charge in [-0.3, -0.25) is 0 Å². The predicted molar refractivity (Wildman–Crippen MR) is 80.3 cm³/mol. The number of halogens is 6. The van der Waals surface area contributed by atoms with Gasteiger partial charge in [0.15, 0.2) is 10.7 Å². The summed E-state index contributed by atoms with van der Waals surface area (Å²) in [6.07, 6.45) is 0. The Bertz CT molecular complexity index is 555. The van der Waals surface area contributed by atoms with Gasteiger partial charge in [0.1, 0.15) is 0 Å². The van der Waals surface area contributed by atoms with Gasteiger partial charge in [0, 0.05) is 20.2 Å². The predicted octanol–water partition coefficient (Wildman–Crippen LogP) is 3.00. The molecule has 140 valence electrons. The third kappa shape index (κ3) is 10.7. The zero-order valence-corrected chi connectivity index (χ0v) is 14.3. The molecule has 0 bridgehead atoms. The van der Waals surface area contributed by atoms with Gasteiger partial charge < -0.3 is 19.1 Å². The number of hydrogen-bond donors (Lipinski definition) is 0. The molecular formula is C12H18F6N3O2P. The number of ether oxygens (including phenoxy) is 2. The van der Waals surface area contributed by atoms with Crippen LogP contribution >= 0.6 is 8.16 Å².